The van der Waals surface area contributed by atoms with Crippen molar-refractivity contribution in [1.29, 1.82) is 0 Å². The monoisotopic (exact) mass is 615 g/mol. The molecule has 0 spiro atoms. The third-order valence-corrected chi connectivity index (χ3v) is 7.45. The number of nitrogens with two attached hydrogens (primary N) is 1. The minimum atomic E-state index is -0.531. The third-order valence-electron chi connectivity index (χ3n) is 6.63. The molecular formula is C27H34IN7O2. The van der Waals surface area contributed by atoms with E-state index in [9.17, 15) is 9.59 Å². The van der Waals surface area contributed by atoms with Crippen molar-refractivity contribution in [2.75, 3.05) is 31.5 Å². The Balaban J connectivity index is 1.38. The minimum Gasteiger partial charge on any atom is -0.368 e. The molecule has 4 rings (SSSR count). The number of hydrogen-bond acceptors (Lipinski definition) is 6. The molecule has 2 aromatic carbocycles. The first-order chi connectivity index (χ1) is 17.9. The van der Waals surface area contributed by atoms with E-state index in [4.69, 9.17) is 15.7 Å². The molecule has 0 saturated carbocycles. The maximum atomic E-state index is 12.8. The fourth-order valence-corrected chi connectivity index (χ4v) is 5.22. The van der Waals surface area contributed by atoms with E-state index in [1.54, 1.807) is 0 Å². The Labute approximate surface area is 231 Å². The highest BCUT2D eigenvalue weighted by Crippen LogP contribution is 2.23. The first kappa shape index (κ1) is 27.1. The van der Waals surface area contributed by atoms with Crippen molar-refractivity contribution in [3.63, 3.8) is 0 Å². The second-order valence-electron chi connectivity index (χ2n) is 9.60. The van der Waals surface area contributed by atoms with E-state index in [2.05, 4.69) is 50.3 Å². The Morgan fingerprint density at radius 1 is 1.00 bits per heavy atom. The predicted octanol–water partition coefficient (Wildman–Crippen LogP) is 3.51. The predicted molar refractivity (Wildman–Crippen MR) is 154 cm³/mol. The Morgan fingerprint density at radius 3 is 2.35 bits per heavy atom. The molecule has 1 aliphatic heterocycles. The number of para-hydroxylation sites is 1. The number of rotatable bonds is 9. The van der Waals surface area contributed by atoms with E-state index in [-0.39, 0.29) is 11.9 Å². The first-order valence-electron chi connectivity index (χ1n) is 12.5. The number of halogens is 1. The number of aromatic nitrogens is 2. The van der Waals surface area contributed by atoms with Gasteiger partial charge < -0.3 is 21.3 Å². The molecule has 1 fully saturated rings. The van der Waals surface area contributed by atoms with E-state index in [0.717, 1.165) is 34.0 Å². The van der Waals surface area contributed by atoms with Gasteiger partial charge in [0.25, 0.3) is 0 Å². The van der Waals surface area contributed by atoms with Crippen LogP contribution in [0.15, 0.2) is 48.5 Å². The molecule has 4 N–H and O–H groups in total. The molecule has 9 nitrogen and oxygen atoms in total. The molecule has 1 aromatic heterocycles. The van der Waals surface area contributed by atoms with E-state index >= 15 is 0 Å². The lowest BCUT2D eigenvalue weighted by molar-refractivity contribution is -0.119. The van der Waals surface area contributed by atoms with Crippen LogP contribution in [0.25, 0.3) is 10.9 Å². The number of nitrogens with zero attached hydrogens (tertiary/aromatic N) is 4. The number of alkyl halides is 1. The van der Waals surface area contributed by atoms with Crippen molar-refractivity contribution in [2.45, 2.75) is 37.4 Å². The number of fused-ring (bicyclic) bond motifs is 1. The number of urea groups is 1. The standard InChI is InChI=1S/C27H34IN7O2/c1-18(2)24(25(29)36)33-26-21-9-5-6-10-22(21)31-23(32-26)17-34-11-13-35(14-12-34)27(37)30-16-20-8-4-3-7-19(20)15-28/h3-10,18,24H,11-17H2,1-2H3,(H2,29,36)(H,30,37)(H,31,32,33)/t24-/m0/s1. The zero-order valence-corrected chi connectivity index (χ0v) is 23.4. The highest BCUT2D eigenvalue weighted by Gasteiger charge is 2.24. The van der Waals surface area contributed by atoms with E-state index < -0.39 is 11.9 Å². The summed E-state index contributed by atoms with van der Waals surface area (Å²) < 4.78 is 0.914. The number of piperazine rings is 1. The summed E-state index contributed by atoms with van der Waals surface area (Å²) in [6, 6.07) is 15.4. The van der Waals surface area contributed by atoms with E-state index in [0.29, 0.717) is 37.8 Å². The average Bonchev–Trinajstić information content (AvgIpc) is 2.90. The van der Waals surface area contributed by atoms with Crippen LogP contribution in [0.1, 0.15) is 30.8 Å². The average molecular weight is 616 g/mol. The van der Waals surface area contributed by atoms with Crippen molar-refractivity contribution < 1.29 is 9.59 Å². The summed E-state index contributed by atoms with van der Waals surface area (Å²) in [6.45, 7) is 7.71. The van der Waals surface area contributed by atoms with Crippen LogP contribution in [0.3, 0.4) is 0 Å². The SMILES string of the molecule is CC(C)[C@H](Nc1nc(CN2CCN(C(=O)NCc3ccccc3CI)CC2)nc2ccccc12)C(N)=O. The van der Waals surface area contributed by atoms with Crippen molar-refractivity contribution in [2.24, 2.45) is 11.7 Å². The Bertz CT molecular complexity index is 1240. The number of benzene rings is 2. The van der Waals surface area contributed by atoms with Crippen LogP contribution in [-0.2, 0) is 22.3 Å². The topological polar surface area (TPSA) is 116 Å². The summed E-state index contributed by atoms with van der Waals surface area (Å²) >= 11 is 2.34. The molecule has 3 amide bonds. The van der Waals surface area contributed by atoms with E-state index in [1.807, 2.05) is 55.1 Å². The number of primary amides is 1. The molecule has 0 unspecified atom stereocenters. The summed E-state index contributed by atoms with van der Waals surface area (Å²) in [5.74, 6) is 0.889. The molecule has 0 bridgehead atoms. The maximum absolute atomic E-state index is 12.8. The summed E-state index contributed by atoms with van der Waals surface area (Å²) in [5.41, 5.74) is 8.84. The molecule has 196 valence electrons. The van der Waals surface area contributed by atoms with Gasteiger partial charge in [-0.15, -0.1) is 0 Å². The Hall–Kier alpha value is -2.99. The normalized spacial score (nSPS) is 15.1. The first-order valence-corrected chi connectivity index (χ1v) is 14.1. The summed E-state index contributed by atoms with van der Waals surface area (Å²) in [6.07, 6.45) is 0. The molecule has 0 radical (unpaired) electrons. The molecule has 1 atom stereocenters. The number of hydrogen-bond donors (Lipinski definition) is 3. The number of carbonyl (C=O) groups excluding carboxylic acids is 2. The summed E-state index contributed by atoms with van der Waals surface area (Å²) in [4.78, 5) is 38.4. The lowest BCUT2D eigenvalue weighted by Gasteiger charge is -2.34. The van der Waals surface area contributed by atoms with Gasteiger partial charge in [-0.2, -0.15) is 0 Å². The molecule has 0 aliphatic carbocycles. The fourth-order valence-electron chi connectivity index (χ4n) is 4.47. The lowest BCUT2D eigenvalue weighted by atomic mass is 10.0. The van der Waals surface area contributed by atoms with Crippen molar-refractivity contribution in [3.8, 4) is 0 Å². The van der Waals surface area contributed by atoms with Gasteiger partial charge in [-0.3, -0.25) is 9.69 Å². The largest absolute Gasteiger partial charge is 0.368 e. The van der Waals surface area contributed by atoms with E-state index in [1.165, 1.54) is 5.56 Å². The second-order valence-corrected chi connectivity index (χ2v) is 10.4. The van der Waals surface area contributed by atoms with Gasteiger partial charge in [-0.25, -0.2) is 14.8 Å². The number of carbonyl (C=O) groups is 2. The van der Waals surface area contributed by atoms with Gasteiger partial charge in [-0.05, 0) is 29.2 Å². The summed E-state index contributed by atoms with van der Waals surface area (Å²) in [7, 11) is 0. The van der Waals surface area contributed by atoms with Gasteiger partial charge in [0.2, 0.25) is 5.91 Å². The van der Waals surface area contributed by atoms with Gasteiger partial charge >= 0.3 is 6.03 Å². The van der Waals surface area contributed by atoms with Crippen LogP contribution in [0.5, 0.6) is 0 Å². The Kier molecular flexibility index (Phi) is 9.14. The zero-order valence-electron chi connectivity index (χ0n) is 21.3. The smallest absolute Gasteiger partial charge is 0.317 e. The third kappa shape index (κ3) is 6.86. The van der Waals surface area contributed by atoms with Gasteiger partial charge in [-0.1, -0.05) is 72.8 Å². The van der Waals surface area contributed by atoms with Crippen LogP contribution in [-0.4, -0.2) is 63.9 Å². The molecule has 1 aliphatic rings. The van der Waals surface area contributed by atoms with Crippen LogP contribution < -0.4 is 16.4 Å². The quantitative estimate of drug-likeness (QED) is 0.251. The highest BCUT2D eigenvalue weighted by molar-refractivity contribution is 14.1. The second kappa shape index (κ2) is 12.5. The number of anilines is 1. The maximum Gasteiger partial charge on any atom is 0.317 e. The summed E-state index contributed by atoms with van der Waals surface area (Å²) in [5, 5.41) is 7.17. The molecule has 3 aromatic rings. The van der Waals surface area contributed by atoms with Crippen molar-refractivity contribution in [3.05, 3.63) is 65.5 Å². The molecule has 37 heavy (non-hydrogen) atoms. The highest BCUT2D eigenvalue weighted by atomic mass is 127. The van der Waals surface area contributed by atoms with Crippen molar-refractivity contribution >= 4 is 51.2 Å². The Morgan fingerprint density at radius 2 is 1.68 bits per heavy atom. The van der Waals surface area contributed by atoms with Crippen molar-refractivity contribution in [1.82, 2.24) is 25.1 Å². The van der Waals surface area contributed by atoms with Crippen LogP contribution in [0.4, 0.5) is 10.6 Å². The van der Waals surface area contributed by atoms with Gasteiger partial charge in [0.05, 0.1) is 12.1 Å². The molecule has 1 saturated heterocycles. The van der Waals surface area contributed by atoms with Gasteiger partial charge in [0, 0.05) is 42.5 Å². The number of nitrogens with one attached hydrogen (secondary N) is 2. The fraction of sp³-hybridized carbons (Fsp3) is 0.407. The zero-order chi connectivity index (χ0) is 26.4. The lowest BCUT2D eigenvalue weighted by Crippen LogP contribution is -2.51. The van der Waals surface area contributed by atoms with Gasteiger partial charge in [0.15, 0.2) is 0 Å². The van der Waals surface area contributed by atoms with Crippen LogP contribution in [0.2, 0.25) is 0 Å². The number of amides is 3. The van der Waals surface area contributed by atoms with Crippen LogP contribution >= 0.6 is 22.6 Å². The molecule has 2 heterocycles. The van der Waals surface area contributed by atoms with Gasteiger partial charge in [0.1, 0.15) is 17.7 Å². The molecule has 10 heteroatoms. The van der Waals surface area contributed by atoms with Crippen LogP contribution in [0, 0.1) is 5.92 Å². The minimum absolute atomic E-state index is 0.0175. The molecular weight excluding hydrogens is 581 g/mol.